The Morgan fingerprint density at radius 1 is 1.22 bits per heavy atom. The van der Waals surface area contributed by atoms with Crippen LogP contribution in [0.3, 0.4) is 0 Å². The largest absolute Gasteiger partial charge is 0.343 e. The Labute approximate surface area is 154 Å². The molecular weight excluding hydrogens is 354 g/mol. The third-order valence-corrected chi connectivity index (χ3v) is 4.31. The van der Waals surface area contributed by atoms with E-state index in [2.05, 4.69) is 15.3 Å². The van der Waals surface area contributed by atoms with Gasteiger partial charge in [0.15, 0.2) is 0 Å². The molecule has 0 saturated heterocycles. The molecule has 0 aliphatic carbocycles. The maximum Gasteiger partial charge on any atom is 0.343 e. The number of nitrogens with zero attached hydrogens (tertiary/aromatic N) is 4. The van der Waals surface area contributed by atoms with E-state index in [1.807, 2.05) is 42.1 Å². The lowest BCUT2D eigenvalue weighted by atomic mass is 10.1. The van der Waals surface area contributed by atoms with Gasteiger partial charge >= 0.3 is 5.69 Å². The van der Waals surface area contributed by atoms with Gasteiger partial charge in [0.2, 0.25) is 0 Å². The summed E-state index contributed by atoms with van der Waals surface area (Å²) >= 11 is 0. The summed E-state index contributed by atoms with van der Waals surface area (Å²) in [4.78, 5) is 12.0. The number of rotatable bonds is 7. The zero-order chi connectivity index (χ0) is 19.4. The molecule has 0 saturated carbocycles. The fourth-order valence-electron chi connectivity index (χ4n) is 2.73. The second kappa shape index (κ2) is 8.09. The molecule has 0 aliphatic rings. The second-order valence-electron chi connectivity index (χ2n) is 6.06. The minimum absolute atomic E-state index is 0.175. The number of aromatic amines is 1. The number of H-pyrrole nitrogens is 1. The molecule has 0 unspecified atom stereocenters. The van der Waals surface area contributed by atoms with E-state index in [1.54, 1.807) is 6.20 Å². The first-order chi connectivity index (χ1) is 13.0. The van der Waals surface area contributed by atoms with Gasteiger partial charge in [-0.25, -0.2) is 9.89 Å². The highest BCUT2D eigenvalue weighted by Crippen LogP contribution is 2.20. The van der Waals surface area contributed by atoms with Crippen LogP contribution in [0.4, 0.5) is 8.78 Å². The van der Waals surface area contributed by atoms with E-state index in [1.165, 1.54) is 4.57 Å². The Bertz CT molecular complexity index is 996. The fourth-order valence-corrected chi connectivity index (χ4v) is 2.73. The predicted molar refractivity (Wildman–Crippen MR) is 97.3 cm³/mol. The molecule has 2 heterocycles. The van der Waals surface area contributed by atoms with Crippen molar-refractivity contribution in [2.24, 2.45) is 5.73 Å². The summed E-state index contributed by atoms with van der Waals surface area (Å²) in [5, 5.41) is 10.4. The quantitative estimate of drug-likeness (QED) is 0.663. The summed E-state index contributed by atoms with van der Waals surface area (Å²) in [6.07, 6.45) is 1.74. The van der Waals surface area contributed by atoms with E-state index in [0.717, 1.165) is 23.2 Å². The summed E-state index contributed by atoms with van der Waals surface area (Å²) in [5.74, 6) is 0.224. The van der Waals surface area contributed by atoms with E-state index >= 15 is 0 Å². The van der Waals surface area contributed by atoms with Crippen LogP contribution in [0.25, 0.3) is 11.1 Å². The van der Waals surface area contributed by atoms with E-state index in [9.17, 15) is 13.6 Å². The molecular formula is C18H20F2N6O. The first kappa shape index (κ1) is 18.7. The highest BCUT2D eigenvalue weighted by Gasteiger charge is 2.14. The molecule has 142 valence electrons. The average Bonchev–Trinajstić information content (AvgIpc) is 3.28. The van der Waals surface area contributed by atoms with E-state index in [0.29, 0.717) is 0 Å². The number of halogens is 2. The SMILES string of the molecule is CCn1cc(-c2ccc(Cn3c(CC(CN)=C(F)F)n[nH]c3=O)cc2)cn1. The van der Waals surface area contributed by atoms with Crippen LogP contribution in [0.1, 0.15) is 18.3 Å². The standard InChI is InChI=1S/C18H20F2N6O/c1-2-25-11-15(9-22-25)13-5-3-12(4-6-13)10-26-16(23-24-18(26)27)7-14(8-21)17(19)20/h3-6,9,11H,2,7-8,10,21H2,1H3,(H,24,27). The van der Waals surface area contributed by atoms with Crippen molar-refractivity contribution in [3.05, 3.63) is 70.2 Å². The normalized spacial score (nSPS) is 11.0. The van der Waals surface area contributed by atoms with Gasteiger partial charge in [-0.2, -0.15) is 19.0 Å². The topological polar surface area (TPSA) is 94.5 Å². The van der Waals surface area contributed by atoms with E-state index in [4.69, 9.17) is 5.73 Å². The van der Waals surface area contributed by atoms with Crippen molar-refractivity contribution >= 4 is 0 Å². The molecule has 27 heavy (non-hydrogen) atoms. The molecule has 7 nitrogen and oxygen atoms in total. The number of aryl methyl sites for hydroxylation is 1. The van der Waals surface area contributed by atoms with Gasteiger partial charge < -0.3 is 5.73 Å². The predicted octanol–water partition coefficient (Wildman–Crippen LogP) is 2.15. The Kier molecular flexibility index (Phi) is 5.60. The minimum atomic E-state index is -1.84. The van der Waals surface area contributed by atoms with Gasteiger partial charge in [0.1, 0.15) is 5.82 Å². The monoisotopic (exact) mass is 374 g/mol. The molecule has 0 fully saturated rings. The highest BCUT2D eigenvalue weighted by molar-refractivity contribution is 5.61. The molecule has 2 aromatic heterocycles. The summed E-state index contributed by atoms with van der Waals surface area (Å²) in [5.41, 5.74) is 7.52. The van der Waals surface area contributed by atoms with Crippen LogP contribution >= 0.6 is 0 Å². The third kappa shape index (κ3) is 4.20. The van der Waals surface area contributed by atoms with E-state index < -0.39 is 11.8 Å². The molecule has 3 rings (SSSR count). The Morgan fingerprint density at radius 2 is 1.96 bits per heavy atom. The van der Waals surface area contributed by atoms with Crippen molar-refractivity contribution in [2.45, 2.75) is 26.4 Å². The van der Waals surface area contributed by atoms with Crippen LogP contribution in [0.15, 0.2) is 53.1 Å². The lowest BCUT2D eigenvalue weighted by Crippen LogP contribution is -2.20. The van der Waals surface area contributed by atoms with Crippen LogP contribution in [0.2, 0.25) is 0 Å². The number of nitrogens with one attached hydrogen (secondary N) is 1. The van der Waals surface area contributed by atoms with Crippen molar-refractivity contribution < 1.29 is 8.78 Å². The minimum Gasteiger partial charge on any atom is -0.327 e. The first-order valence-electron chi connectivity index (χ1n) is 8.50. The molecule has 0 spiro atoms. The van der Waals surface area contributed by atoms with E-state index in [-0.39, 0.29) is 30.9 Å². The molecule has 1 aromatic carbocycles. The highest BCUT2D eigenvalue weighted by atomic mass is 19.3. The van der Waals surface area contributed by atoms with Gasteiger partial charge in [0.25, 0.3) is 6.08 Å². The summed E-state index contributed by atoms with van der Waals surface area (Å²) in [6.45, 7) is 2.75. The molecule has 0 radical (unpaired) electrons. The van der Waals surface area contributed by atoms with Crippen molar-refractivity contribution in [3.8, 4) is 11.1 Å². The number of benzene rings is 1. The van der Waals surface area contributed by atoms with Crippen LogP contribution < -0.4 is 11.4 Å². The molecule has 0 aliphatic heterocycles. The molecule has 0 amide bonds. The van der Waals surface area contributed by atoms with Crippen molar-refractivity contribution in [3.63, 3.8) is 0 Å². The maximum absolute atomic E-state index is 12.9. The molecule has 3 aromatic rings. The Morgan fingerprint density at radius 3 is 2.56 bits per heavy atom. The maximum atomic E-state index is 12.9. The lowest BCUT2D eigenvalue weighted by Gasteiger charge is -2.08. The first-order valence-corrected chi connectivity index (χ1v) is 8.50. The van der Waals surface area contributed by atoms with Crippen molar-refractivity contribution in [2.75, 3.05) is 6.54 Å². The van der Waals surface area contributed by atoms with Gasteiger partial charge in [-0.05, 0) is 18.1 Å². The van der Waals surface area contributed by atoms with Crippen LogP contribution in [0, 0.1) is 0 Å². The zero-order valence-corrected chi connectivity index (χ0v) is 14.8. The number of hydrogen-bond donors (Lipinski definition) is 2. The lowest BCUT2D eigenvalue weighted by molar-refractivity contribution is 0.407. The Balaban J connectivity index is 1.80. The van der Waals surface area contributed by atoms with Gasteiger partial charge in [-0.1, -0.05) is 24.3 Å². The van der Waals surface area contributed by atoms with Crippen molar-refractivity contribution in [1.29, 1.82) is 0 Å². The second-order valence-corrected chi connectivity index (χ2v) is 6.06. The third-order valence-electron chi connectivity index (χ3n) is 4.31. The number of nitrogens with two attached hydrogens (primary N) is 1. The summed E-state index contributed by atoms with van der Waals surface area (Å²) in [6, 6.07) is 7.64. The van der Waals surface area contributed by atoms with Crippen LogP contribution in [0.5, 0.6) is 0 Å². The summed E-state index contributed by atoms with van der Waals surface area (Å²) in [7, 11) is 0. The summed E-state index contributed by atoms with van der Waals surface area (Å²) < 4.78 is 28.9. The number of hydrogen-bond acceptors (Lipinski definition) is 4. The zero-order valence-electron chi connectivity index (χ0n) is 14.8. The molecule has 9 heteroatoms. The molecule has 0 atom stereocenters. The number of aromatic nitrogens is 5. The van der Waals surface area contributed by atoms with Gasteiger partial charge in [0, 0.05) is 36.8 Å². The van der Waals surface area contributed by atoms with Gasteiger partial charge in [-0.3, -0.25) is 9.25 Å². The molecule has 3 N–H and O–H groups in total. The Hall–Kier alpha value is -3.07. The average molecular weight is 374 g/mol. The van der Waals surface area contributed by atoms with Gasteiger partial charge in [-0.15, -0.1) is 0 Å². The fraction of sp³-hybridized carbons (Fsp3) is 0.278. The van der Waals surface area contributed by atoms with Crippen molar-refractivity contribution in [1.82, 2.24) is 24.5 Å². The smallest absolute Gasteiger partial charge is 0.327 e. The molecule has 0 bridgehead atoms. The van der Waals surface area contributed by atoms with Gasteiger partial charge in [0.05, 0.1) is 12.7 Å². The van der Waals surface area contributed by atoms with Crippen LogP contribution in [-0.4, -0.2) is 31.1 Å². The van der Waals surface area contributed by atoms with Crippen LogP contribution in [-0.2, 0) is 19.5 Å².